The fourth-order valence-electron chi connectivity index (χ4n) is 3.46. The molecule has 1 amide bonds. The van der Waals surface area contributed by atoms with Crippen LogP contribution in [0.25, 0.3) is 17.0 Å². The van der Waals surface area contributed by atoms with Gasteiger partial charge in [0, 0.05) is 17.4 Å². The van der Waals surface area contributed by atoms with Crippen molar-refractivity contribution < 1.29 is 17.7 Å². The molecule has 0 unspecified atom stereocenters. The summed E-state index contributed by atoms with van der Waals surface area (Å²) in [5.41, 5.74) is 3.19. The molecule has 158 valence electrons. The lowest BCUT2D eigenvalue weighted by Crippen LogP contribution is -2.19. The summed E-state index contributed by atoms with van der Waals surface area (Å²) in [6, 6.07) is 10.4. The smallest absolute Gasteiger partial charge is 0.274 e. The summed E-state index contributed by atoms with van der Waals surface area (Å²) < 4.78 is 32.7. The maximum atomic E-state index is 12.8. The van der Waals surface area contributed by atoms with Crippen molar-refractivity contribution >= 4 is 27.3 Å². The molecule has 0 bridgehead atoms. The van der Waals surface area contributed by atoms with Gasteiger partial charge in [-0.2, -0.15) is 4.98 Å². The van der Waals surface area contributed by atoms with Crippen LogP contribution >= 0.6 is 0 Å². The molecule has 11 heteroatoms. The Morgan fingerprint density at radius 3 is 2.97 bits per heavy atom. The van der Waals surface area contributed by atoms with Gasteiger partial charge in [0.1, 0.15) is 17.4 Å². The van der Waals surface area contributed by atoms with E-state index in [1.54, 1.807) is 16.7 Å². The Kier molecular flexibility index (Phi) is 4.56. The van der Waals surface area contributed by atoms with E-state index in [9.17, 15) is 13.2 Å². The maximum absolute atomic E-state index is 12.8. The van der Waals surface area contributed by atoms with E-state index in [1.165, 1.54) is 6.20 Å². The Morgan fingerprint density at radius 1 is 1.29 bits per heavy atom. The van der Waals surface area contributed by atoms with Crippen molar-refractivity contribution in [2.45, 2.75) is 19.4 Å². The highest BCUT2D eigenvalue weighted by Crippen LogP contribution is 2.27. The van der Waals surface area contributed by atoms with Gasteiger partial charge in [-0.05, 0) is 37.1 Å². The van der Waals surface area contributed by atoms with E-state index < -0.39 is 16.1 Å². The van der Waals surface area contributed by atoms with Crippen LogP contribution in [0.4, 0.5) is 5.69 Å². The molecule has 0 spiro atoms. The van der Waals surface area contributed by atoms with Crippen LogP contribution in [0.15, 0.2) is 53.3 Å². The summed E-state index contributed by atoms with van der Waals surface area (Å²) in [7, 11) is -3.29. The minimum absolute atomic E-state index is 0.0272. The summed E-state index contributed by atoms with van der Waals surface area (Å²) >= 11 is 0. The molecule has 1 atom stereocenters. The number of amides is 1. The van der Waals surface area contributed by atoms with Crippen LogP contribution in [0.2, 0.25) is 0 Å². The molecule has 10 nitrogen and oxygen atoms in total. The SMILES string of the molecule is Cc1ccc(-c2noc([C@H]3CCS(=O)(=O)N3)n2)cc1NC(=O)c1cnc2ccccn12. The highest BCUT2D eigenvalue weighted by molar-refractivity contribution is 7.89. The second-order valence-corrected chi connectivity index (χ2v) is 9.16. The highest BCUT2D eigenvalue weighted by Gasteiger charge is 2.32. The average molecular weight is 438 g/mol. The van der Waals surface area contributed by atoms with Crippen LogP contribution in [0.5, 0.6) is 0 Å². The Balaban J connectivity index is 1.40. The first kappa shape index (κ1) is 19.4. The van der Waals surface area contributed by atoms with Gasteiger partial charge in [0.15, 0.2) is 0 Å². The zero-order valence-electron chi connectivity index (χ0n) is 16.4. The molecule has 1 saturated heterocycles. The number of fused-ring (bicyclic) bond motifs is 1. The van der Waals surface area contributed by atoms with E-state index in [0.717, 1.165) is 5.56 Å². The Hall–Kier alpha value is -3.57. The Morgan fingerprint density at radius 2 is 2.16 bits per heavy atom. The Labute approximate surface area is 177 Å². The van der Waals surface area contributed by atoms with Crippen LogP contribution < -0.4 is 10.0 Å². The zero-order valence-corrected chi connectivity index (χ0v) is 17.3. The monoisotopic (exact) mass is 438 g/mol. The van der Waals surface area contributed by atoms with Crippen LogP contribution in [-0.2, 0) is 10.0 Å². The van der Waals surface area contributed by atoms with Crippen molar-refractivity contribution in [1.29, 1.82) is 0 Å². The molecule has 4 aromatic rings. The zero-order chi connectivity index (χ0) is 21.6. The first-order valence-electron chi connectivity index (χ1n) is 9.58. The quantitative estimate of drug-likeness (QED) is 0.500. The van der Waals surface area contributed by atoms with Crippen molar-refractivity contribution in [3.8, 4) is 11.4 Å². The third kappa shape index (κ3) is 3.68. The molecule has 0 radical (unpaired) electrons. The number of anilines is 1. The topological polar surface area (TPSA) is 131 Å². The molecule has 5 rings (SSSR count). The van der Waals surface area contributed by atoms with Crippen molar-refractivity contribution in [2.24, 2.45) is 0 Å². The molecule has 2 N–H and O–H groups in total. The number of pyridine rings is 1. The lowest BCUT2D eigenvalue weighted by molar-refractivity contribution is 0.102. The summed E-state index contributed by atoms with van der Waals surface area (Å²) in [5, 5.41) is 6.88. The number of nitrogens with one attached hydrogen (secondary N) is 2. The number of carbonyl (C=O) groups excluding carboxylic acids is 1. The van der Waals surface area contributed by atoms with Gasteiger partial charge >= 0.3 is 0 Å². The fraction of sp³-hybridized carbons (Fsp3) is 0.200. The molecule has 31 heavy (non-hydrogen) atoms. The van der Waals surface area contributed by atoms with E-state index in [-0.39, 0.29) is 17.6 Å². The van der Waals surface area contributed by atoms with Gasteiger partial charge < -0.3 is 9.84 Å². The van der Waals surface area contributed by atoms with E-state index in [0.29, 0.717) is 34.8 Å². The predicted molar refractivity (Wildman–Crippen MR) is 112 cm³/mol. The summed E-state index contributed by atoms with van der Waals surface area (Å²) in [6.45, 7) is 1.88. The maximum Gasteiger partial charge on any atom is 0.274 e. The molecular formula is C20H18N6O4S. The van der Waals surface area contributed by atoms with Gasteiger partial charge in [-0.1, -0.05) is 23.4 Å². The molecule has 4 heterocycles. The van der Waals surface area contributed by atoms with Gasteiger partial charge in [-0.3, -0.25) is 9.20 Å². The number of carbonyl (C=O) groups is 1. The summed E-state index contributed by atoms with van der Waals surface area (Å²) in [4.78, 5) is 21.4. The number of nitrogens with zero attached hydrogens (tertiary/aromatic N) is 4. The highest BCUT2D eigenvalue weighted by atomic mass is 32.2. The van der Waals surface area contributed by atoms with E-state index >= 15 is 0 Å². The third-order valence-electron chi connectivity index (χ3n) is 5.13. The molecule has 1 fully saturated rings. The number of imidazole rings is 1. The van der Waals surface area contributed by atoms with Crippen LogP contribution in [-0.4, -0.2) is 39.6 Å². The molecule has 1 aromatic carbocycles. The summed E-state index contributed by atoms with van der Waals surface area (Å²) in [5.74, 6) is 0.256. The molecule has 3 aromatic heterocycles. The molecule has 0 saturated carbocycles. The first-order valence-corrected chi connectivity index (χ1v) is 11.2. The van der Waals surface area contributed by atoms with E-state index in [4.69, 9.17) is 4.52 Å². The van der Waals surface area contributed by atoms with Crippen molar-refractivity contribution in [1.82, 2.24) is 24.2 Å². The number of rotatable bonds is 4. The average Bonchev–Trinajstić information content (AvgIpc) is 3.47. The lowest BCUT2D eigenvalue weighted by atomic mass is 10.1. The lowest BCUT2D eigenvalue weighted by Gasteiger charge is -2.09. The second-order valence-electron chi connectivity index (χ2n) is 7.29. The van der Waals surface area contributed by atoms with Gasteiger partial charge in [-0.25, -0.2) is 18.1 Å². The standard InChI is InChI=1S/C20H18N6O4S/c1-12-5-6-13(18-23-20(30-24-18)14-7-9-31(28,29)25-14)10-15(12)22-19(27)16-11-21-17-4-2-3-8-26(16)17/h2-6,8,10-11,14,25H,7,9H2,1H3,(H,22,27)/t14-/m1/s1. The number of hydrogen-bond acceptors (Lipinski definition) is 7. The fourth-order valence-corrected chi connectivity index (χ4v) is 4.77. The van der Waals surface area contributed by atoms with Crippen LogP contribution in [0.3, 0.4) is 0 Å². The number of aromatic nitrogens is 4. The third-order valence-corrected chi connectivity index (χ3v) is 6.55. The van der Waals surface area contributed by atoms with Gasteiger partial charge in [0.05, 0.1) is 11.9 Å². The number of aryl methyl sites for hydroxylation is 1. The van der Waals surface area contributed by atoms with Gasteiger partial charge in [0.25, 0.3) is 5.91 Å². The molecule has 1 aliphatic rings. The van der Waals surface area contributed by atoms with Gasteiger partial charge in [0.2, 0.25) is 21.7 Å². The van der Waals surface area contributed by atoms with Crippen molar-refractivity contribution in [2.75, 3.05) is 11.1 Å². The second kappa shape index (κ2) is 7.29. The minimum atomic E-state index is -3.29. The number of sulfonamides is 1. The summed E-state index contributed by atoms with van der Waals surface area (Å²) in [6.07, 6.45) is 3.68. The number of hydrogen-bond donors (Lipinski definition) is 2. The minimum Gasteiger partial charge on any atom is -0.337 e. The molecule has 1 aliphatic heterocycles. The number of benzene rings is 1. The van der Waals surface area contributed by atoms with Crippen LogP contribution in [0.1, 0.15) is 34.4 Å². The first-order chi connectivity index (χ1) is 14.9. The van der Waals surface area contributed by atoms with Gasteiger partial charge in [-0.15, -0.1) is 0 Å². The predicted octanol–water partition coefficient (Wildman–Crippen LogP) is 2.31. The van der Waals surface area contributed by atoms with Crippen molar-refractivity contribution in [3.63, 3.8) is 0 Å². The van der Waals surface area contributed by atoms with Crippen LogP contribution in [0, 0.1) is 6.92 Å². The van der Waals surface area contributed by atoms with E-state index in [2.05, 4.69) is 25.2 Å². The van der Waals surface area contributed by atoms with E-state index in [1.807, 2.05) is 37.3 Å². The normalized spacial score (nSPS) is 17.8. The largest absolute Gasteiger partial charge is 0.337 e. The van der Waals surface area contributed by atoms with Crippen molar-refractivity contribution in [3.05, 3.63) is 65.9 Å². The molecular weight excluding hydrogens is 420 g/mol. The molecule has 0 aliphatic carbocycles. The Bertz CT molecular complexity index is 1410.